The van der Waals surface area contributed by atoms with Crippen molar-refractivity contribution in [1.82, 2.24) is 0 Å². The molecule has 3 heterocycles. The molecule has 0 aromatic heterocycles. The van der Waals surface area contributed by atoms with Gasteiger partial charge in [0.1, 0.15) is 65.9 Å². The Morgan fingerprint density at radius 2 is 1.35 bits per heavy atom. The lowest BCUT2D eigenvalue weighted by Gasteiger charge is -2.43. The Morgan fingerprint density at radius 1 is 0.698 bits per heavy atom. The van der Waals surface area contributed by atoms with E-state index in [0.29, 0.717) is 0 Å². The molecule has 0 radical (unpaired) electrons. The van der Waals surface area contributed by atoms with Gasteiger partial charge in [-0.3, -0.25) is 0 Å². The minimum Gasteiger partial charge on any atom is -0.571 e. The van der Waals surface area contributed by atoms with Crippen LogP contribution < -0.4 is 0 Å². The van der Waals surface area contributed by atoms with Crippen molar-refractivity contribution in [2.75, 3.05) is 13.2 Å². The van der Waals surface area contributed by atoms with Gasteiger partial charge in [-0.05, 0) is 18.2 Å². The van der Waals surface area contributed by atoms with Gasteiger partial charge in [0, 0.05) is 12.1 Å². The zero-order chi connectivity index (χ0) is 31.2. The molecule has 236 valence electrons. The minimum absolute atomic E-state index is 0.0696. The molecule has 0 aliphatic carbocycles. The Kier molecular flexibility index (Phi) is 8.87. The number of aromatic hydroxyl groups is 5. The molecule has 0 spiro atoms. The number of fused-ring (bicyclic) bond motifs is 1. The van der Waals surface area contributed by atoms with Crippen molar-refractivity contribution in [2.45, 2.75) is 67.5 Å². The van der Waals surface area contributed by atoms with Gasteiger partial charge < -0.3 is 79.9 Å². The highest BCUT2D eigenvalue weighted by molar-refractivity contribution is 5.69. The van der Waals surface area contributed by atoms with Crippen molar-refractivity contribution in [1.29, 1.82) is 0 Å². The average molecular weight is 614 g/mol. The number of rotatable bonds is 7. The number of hydrogen-bond acceptors (Lipinski definition) is 15. The molecular formula is C27H33O16+. The Labute approximate surface area is 243 Å². The Morgan fingerprint density at radius 3 is 2.02 bits per heavy atom. The quantitative estimate of drug-likeness (QED) is 0.114. The predicted molar refractivity (Wildman–Crippen MR) is 139 cm³/mol. The van der Waals surface area contributed by atoms with Crippen molar-refractivity contribution in [3.05, 3.63) is 47.2 Å². The summed E-state index contributed by atoms with van der Waals surface area (Å²) in [6.45, 7) is -1.29. The first kappa shape index (κ1) is 31.0. The number of ether oxygens (including phenoxy) is 5. The molecule has 2 saturated heterocycles. The fourth-order valence-electron chi connectivity index (χ4n) is 5.02. The maximum absolute atomic E-state index is 10.7. The van der Waals surface area contributed by atoms with E-state index in [0.717, 1.165) is 6.07 Å². The summed E-state index contributed by atoms with van der Waals surface area (Å²) in [5.74, 6) is -1.45. The van der Waals surface area contributed by atoms with Gasteiger partial charge >= 0.3 is 0 Å². The molecule has 1 unspecified atom stereocenters. The monoisotopic (exact) mass is 613 g/mol. The SMILES string of the molecule is OC[C@H]1O[C@@H](OC[C@@H]2O[C@@H](OC3=Cc4c(O)cc(O)cc4[OH+]C3c3ccc(O)c(O)c3)[C@@H](O)[C@H](O)[C@@H]2O)[C@H](O)[C@@H](O)[C@@H]1O. The van der Waals surface area contributed by atoms with E-state index in [1.807, 2.05) is 0 Å². The molecule has 2 aromatic rings. The Hall–Kier alpha value is -3.42. The van der Waals surface area contributed by atoms with Crippen molar-refractivity contribution >= 4 is 6.08 Å². The number of aliphatic hydroxyl groups excluding tert-OH is 7. The minimum atomic E-state index is -1.84. The lowest BCUT2D eigenvalue weighted by molar-refractivity contribution is -0.328. The summed E-state index contributed by atoms with van der Waals surface area (Å²) in [5.41, 5.74) is 0.406. The molecule has 3 aliphatic rings. The van der Waals surface area contributed by atoms with Gasteiger partial charge in [-0.1, -0.05) is 0 Å². The van der Waals surface area contributed by atoms with Crippen LogP contribution in [0.2, 0.25) is 0 Å². The maximum atomic E-state index is 10.7. The van der Waals surface area contributed by atoms with E-state index in [2.05, 4.69) is 4.74 Å². The molecule has 43 heavy (non-hydrogen) atoms. The van der Waals surface area contributed by atoms with E-state index < -0.39 is 92.2 Å². The third-order valence-corrected chi connectivity index (χ3v) is 7.45. The topological polar surface area (TPSA) is 272 Å². The largest absolute Gasteiger partial charge is 0.571 e. The third-order valence-electron chi connectivity index (χ3n) is 7.45. The summed E-state index contributed by atoms with van der Waals surface area (Å²) in [4.78, 5) is 0. The highest BCUT2D eigenvalue weighted by Gasteiger charge is 2.49. The van der Waals surface area contributed by atoms with Gasteiger partial charge in [0.25, 0.3) is 11.9 Å². The average Bonchev–Trinajstić information content (AvgIpc) is 2.97. The summed E-state index contributed by atoms with van der Waals surface area (Å²) in [5, 5.41) is 112. The second-order valence-corrected chi connectivity index (χ2v) is 10.4. The standard InChI is InChI=1S/C27H32O16/c28-7-17-19(33)21(35)23(37)26(42-17)39-8-18-20(34)22(36)24(38)27(43-18)41-16-6-11-13(31)4-10(29)5-15(11)40-25(16)9-1-2-12(30)14(32)3-9/h1-6,17-38H,7-8H2/p+1/t17-,18+,19-,20-,21+,22-,23-,24+,25?,26-,27-/m1/s1. The fourth-order valence-corrected chi connectivity index (χ4v) is 5.02. The van der Waals surface area contributed by atoms with Gasteiger partial charge in [-0.15, -0.1) is 0 Å². The first-order valence-electron chi connectivity index (χ1n) is 13.2. The third kappa shape index (κ3) is 6.02. The van der Waals surface area contributed by atoms with Crippen LogP contribution in [0.3, 0.4) is 0 Å². The molecule has 2 aromatic carbocycles. The van der Waals surface area contributed by atoms with Crippen molar-refractivity contribution in [3.8, 4) is 28.7 Å². The van der Waals surface area contributed by atoms with Crippen LogP contribution in [-0.2, 0) is 18.9 Å². The van der Waals surface area contributed by atoms with E-state index in [4.69, 9.17) is 18.9 Å². The van der Waals surface area contributed by atoms with Gasteiger partial charge in [-0.2, -0.15) is 0 Å². The summed E-state index contributed by atoms with van der Waals surface area (Å²) < 4.78 is 26.8. The van der Waals surface area contributed by atoms with Gasteiger partial charge in [0.2, 0.25) is 6.29 Å². The van der Waals surface area contributed by atoms with E-state index >= 15 is 0 Å². The number of aliphatic hydroxyl groups is 8. The number of benzene rings is 2. The van der Waals surface area contributed by atoms with Crippen LogP contribution in [0, 0.1) is 0 Å². The van der Waals surface area contributed by atoms with E-state index in [1.165, 1.54) is 30.3 Å². The molecule has 0 bridgehead atoms. The lowest BCUT2D eigenvalue weighted by atomic mass is 9.98. The molecule has 3 aliphatic heterocycles. The molecule has 16 nitrogen and oxygen atoms in total. The first-order valence-corrected chi connectivity index (χ1v) is 13.2. The van der Waals surface area contributed by atoms with Gasteiger partial charge in [0.05, 0.1) is 24.8 Å². The fraction of sp³-hybridized carbons (Fsp3) is 0.481. The lowest BCUT2D eigenvalue weighted by Crippen LogP contribution is -2.61. The summed E-state index contributed by atoms with van der Waals surface area (Å²) in [7, 11) is 0. The molecule has 2 fully saturated rings. The van der Waals surface area contributed by atoms with Crippen molar-refractivity contribution in [2.24, 2.45) is 0 Å². The van der Waals surface area contributed by atoms with Crippen LogP contribution in [-0.4, -0.2) is 136 Å². The van der Waals surface area contributed by atoms with Crippen LogP contribution in [0.15, 0.2) is 36.1 Å². The van der Waals surface area contributed by atoms with Crippen molar-refractivity contribution in [3.63, 3.8) is 0 Å². The first-order chi connectivity index (χ1) is 20.4. The molecule has 12 N–H and O–H groups in total. The predicted octanol–water partition coefficient (Wildman–Crippen LogP) is -2.51. The molecular weight excluding hydrogens is 580 g/mol. The number of hydrogen-bond donors (Lipinski definition) is 11. The van der Waals surface area contributed by atoms with Crippen molar-refractivity contribution < 1.29 is 79.9 Å². The summed E-state index contributed by atoms with van der Waals surface area (Å²) >= 11 is 0. The number of phenolic OH excluding ortho intramolecular Hbond substituents is 4. The van der Waals surface area contributed by atoms with E-state index in [-0.39, 0.29) is 34.1 Å². The Bertz CT molecular complexity index is 1330. The van der Waals surface area contributed by atoms with Crippen LogP contribution in [0.5, 0.6) is 28.7 Å². The highest BCUT2D eigenvalue weighted by Crippen LogP contribution is 2.46. The summed E-state index contributed by atoms with van der Waals surface area (Å²) in [6, 6.07) is 6.15. The van der Waals surface area contributed by atoms with Gasteiger partial charge in [-0.25, -0.2) is 0 Å². The smallest absolute Gasteiger partial charge is 0.270 e. The van der Waals surface area contributed by atoms with E-state index in [1.54, 1.807) is 0 Å². The zero-order valence-electron chi connectivity index (χ0n) is 22.2. The molecule has 5 rings (SSSR count). The second-order valence-electron chi connectivity index (χ2n) is 10.4. The number of phenols is 4. The molecule has 0 amide bonds. The zero-order valence-corrected chi connectivity index (χ0v) is 22.2. The highest BCUT2D eigenvalue weighted by atomic mass is 16.7. The van der Waals surface area contributed by atoms with Crippen LogP contribution >= 0.6 is 0 Å². The van der Waals surface area contributed by atoms with Gasteiger partial charge in [0.15, 0.2) is 23.5 Å². The molecule has 16 heteroatoms. The van der Waals surface area contributed by atoms with Crippen LogP contribution in [0.4, 0.5) is 0 Å². The second kappa shape index (κ2) is 12.3. The maximum Gasteiger partial charge on any atom is 0.270 e. The molecule has 0 saturated carbocycles. The molecule has 11 atom stereocenters. The van der Waals surface area contributed by atoms with Crippen LogP contribution in [0.1, 0.15) is 17.2 Å². The van der Waals surface area contributed by atoms with E-state index in [9.17, 15) is 56.2 Å². The van der Waals surface area contributed by atoms with Crippen LogP contribution in [0.25, 0.3) is 6.08 Å². The summed E-state index contributed by atoms with van der Waals surface area (Å²) in [6.07, 6.45) is -16.2. The Balaban J connectivity index is 1.39. The normalized spacial score (nSPS) is 35.9.